The van der Waals surface area contributed by atoms with E-state index in [4.69, 9.17) is 9.47 Å². The van der Waals surface area contributed by atoms with Gasteiger partial charge in [-0.15, -0.1) is 11.8 Å². The van der Waals surface area contributed by atoms with Crippen LogP contribution in [0.4, 0.5) is 13.2 Å². The fourth-order valence-corrected chi connectivity index (χ4v) is 4.97. The van der Waals surface area contributed by atoms with Crippen LogP contribution in [0.1, 0.15) is 54.4 Å². The lowest BCUT2D eigenvalue weighted by Gasteiger charge is -2.34. The van der Waals surface area contributed by atoms with Crippen LogP contribution in [0.15, 0.2) is 17.0 Å². The number of ketones is 1. The molecule has 2 aliphatic rings. The second-order valence-electron chi connectivity index (χ2n) is 7.76. The summed E-state index contributed by atoms with van der Waals surface area (Å²) in [6.45, 7) is 1.14. The molecule has 162 valence electrons. The van der Waals surface area contributed by atoms with Crippen molar-refractivity contribution in [1.82, 2.24) is 5.32 Å². The number of alkyl halides is 3. The largest absolute Gasteiger partial charge is 0.496 e. The Balaban J connectivity index is 1.81. The predicted octanol–water partition coefficient (Wildman–Crippen LogP) is 4.95. The first kappa shape index (κ1) is 22.4. The van der Waals surface area contributed by atoms with Crippen molar-refractivity contribution in [1.29, 1.82) is 0 Å². The number of halogens is 3. The summed E-state index contributed by atoms with van der Waals surface area (Å²) in [5.41, 5.74) is -0.574. The highest BCUT2D eigenvalue weighted by Crippen LogP contribution is 2.39. The van der Waals surface area contributed by atoms with E-state index < -0.39 is 11.7 Å². The second kappa shape index (κ2) is 9.71. The van der Waals surface area contributed by atoms with Crippen molar-refractivity contribution in [2.45, 2.75) is 61.7 Å². The zero-order valence-corrected chi connectivity index (χ0v) is 17.6. The average Bonchev–Trinajstić information content (AvgIpc) is 3.20. The van der Waals surface area contributed by atoms with E-state index in [2.05, 4.69) is 5.32 Å². The van der Waals surface area contributed by atoms with Crippen molar-refractivity contribution in [3.05, 3.63) is 23.3 Å². The fraction of sp³-hybridized carbons (Fsp3) is 0.667. The third-order valence-corrected chi connectivity index (χ3v) is 6.60. The van der Waals surface area contributed by atoms with E-state index in [0.717, 1.165) is 43.2 Å². The minimum atomic E-state index is -4.49. The molecule has 1 saturated heterocycles. The molecule has 1 N–H and O–H groups in total. The molecule has 1 aromatic carbocycles. The molecule has 0 unspecified atom stereocenters. The van der Waals surface area contributed by atoms with Gasteiger partial charge in [0.15, 0.2) is 5.78 Å². The zero-order valence-electron chi connectivity index (χ0n) is 16.8. The maximum atomic E-state index is 13.2. The third-order valence-electron chi connectivity index (χ3n) is 5.84. The molecule has 2 fully saturated rings. The molecule has 0 spiro atoms. The maximum absolute atomic E-state index is 13.2. The summed E-state index contributed by atoms with van der Waals surface area (Å²) in [4.78, 5) is 13.4. The highest BCUT2D eigenvalue weighted by atomic mass is 32.2. The lowest BCUT2D eigenvalue weighted by molar-refractivity contribution is -0.137. The van der Waals surface area contributed by atoms with E-state index in [9.17, 15) is 18.0 Å². The van der Waals surface area contributed by atoms with Gasteiger partial charge in [-0.25, -0.2) is 0 Å². The molecule has 4 nitrogen and oxygen atoms in total. The molecule has 1 saturated carbocycles. The molecule has 8 heteroatoms. The standard InChI is InChI=1S/C21H28F3NO3S/c1-27-18-10-14(21(22,23)24)11-19(29-2)20(18)17(26)9-13-12-28-8-7-16(13)25-15-5-3-4-6-15/h10-11,13,15-16,25H,3-9,12H2,1-2H3/t13-,16-/m0/s1. The van der Waals surface area contributed by atoms with Gasteiger partial charge in [0.1, 0.15) is 5.75 Å². The van der Waals surface area contributed by atoms with Crippen molar-refractivity contribution < 1.29 is 27.4 Å². The summed E-state index contributed by atoms with van der Waals surface area (Å²) in [5, 5.41) is 3.69. The first-order valence-corrected chi connectivity index (χ1v) is 11.3. The van der Waals surface area contributed by atoms with Gasteiger partial charge in [0.05, 0.1) is 24.8 Å². The number of carbonyl (C=O) groups is 1. The first-order chi connectivity index (χ1) is 13.8. The van der Waals surface area contributed by atoms with Crippen LogP contribution in [0.3, 0.4) is 0 Å². The number of hydrogen-bond donors (Lipinski definition) is 1. The minimum Gasteiger partial charge on any atom is -0.496 e. The predicted molar refractivity (Wildman–Crippen MR) is 107 cm³/mol. The van der Waals surface area contributed by atoms with Gasteiger partial charge >= 0.3 is 6.18 Å². The Morgan fingerprint density at radius 3 is 2.62 bits per heavy atom. The number of rotatable bonds is 7. The van der Waals surface area contributed by atoms with Crippen LogP contribution in [0, 0.1) is 5.92 Å². The topological polar surface area (TPSA) is 47.6 Å². The average molecular weight is 432 g/mol. The Morgan fingerprint density at radius 1 is 1.28 bits per heavy atom. The molecule has 2 atom stereocenters. The molecule has 29 heavy (non-hydrogen) atoms. The fourth-order valence-electron chi connectivity index (χ4n) is 4.30. The van der Waals surface area contributed by atoms with E-state index in [-0.39, 0.29) is 35.5 Å². The van der Waals surface area contributed by atoms with Gasteiger partial charge in [0.25, 0.3) is 0 Å². The number of Topliss-reactive ketones (excluding diaryl/α,β-unsaturated/α-hetero) is 1. The summed E-state index contributed by atoms with van der Waals surface area (Å²) >= 11 is 1.12. The molecular formula is C21H28F3NO3S. The van der Waals surface area contributed by atoms with Crippen molar-refractivity contribution in [2.75, 3.05) is 26.6 Å². The third kappa shape index (κ3) is 5.47. The summed E-state index contributed by atoms with van der Waals surface area (Å²) in [7, 11) is 1.30. The lowest BCUT2D eigenvalue weighted by Crippen LogP contribution is -2.47. The molecule has 1 heterocycles. The minimum absolute atomic E-state index is 0.00134. The van der Waals surface area contributed by atoms with Gasteiger partial charge < -0.3 is 14.8 Å². The monoisotopic (exact) mass is 431 g/mol. The van der Waals surface area contributed by atoms with Crippen molar-refractivity contribution in [3.8, 4) is 5.75 Å². The number of thioether (sulfide) groups is 1. The van der Waals surface area contributed by atoms with Gasteiger partial charge in [-0.3, -0.25) is 4.79 Å². The van der Waals surface area contributed by atoms with Crippen LogP contribution in [-0.2, 0) is 10.9 Å². The van der Waals surface area contributed by atoms with E-state index >= 15 is 0 Å². The van der Waals surface area contributed by atoms with E-state index in [0.29, 0.717) is 24.2 Å². The summed E-state index contributed by atoms with van der Waals surface area (Å²) in [6, 6.07) is 2.62. The molecule has 3 rings (SSSR count). The maximum Gasteiger partial charge on any atom is 0.416 e. The van der Waals surface area contributed by atoms with Crippen LogP contribution >= 0.6 is 11.8 Å². The molecule has 0 radical (unpaired) electrons. The van der Waals surface area contributed by atoms with Crippen molar-refractivity contribution in [2.24, 2.45) is 5.92 Å². The van der Waals surface area contributed by atoms with Gasteiger partial charge in [-0.1, -0.05) is 12.8 Å². The summed E-state index contributed by atoms with van der Waals surface area (Å²) < 4.78 is 50.4. The van der Waals surface area contributed by atoms with Crippen molar-refractivity contribution in [3.63, 3.8) is 0 Å². The SMILES string of the molecule is COc1cc(C(F)(F)F)cc(SC)c1C(=O)C[C@H]1COCC[C@@H]1NC1CCCC1. The zero-order chi connectivity index (χ0) is 21.0. The molecule has 0 amide bonds. The molecule has 1 aromatic rings. The quantitative estimate of drug-likeness (QED) is 0.489. The Labute approximate surface area is 173 Å². The van der Waals surface area contributed by atoms with Gasteiger partial charge in [0, 0.05) is 35.9 Å². The van der Waals surface area contributed by atoms with Crippen molar-refractivity contribution >= 4 is 17.5 Å². The first-order valence-electron chi connectivity index (χ1n) is 10.0. The molecule has 0 bridgehead atoms. The summed E-state index contributed by atoms with van der Waals surface area (Å²) in [6.07, 6.45) is 3.00. The number of carbonyl (C=O) groups excluding carboxylic acids is 1. The molecule has 0 aromatic heterocycles. The highest BCUT2D eigenvalue weighted by molar-refractivity contribution is 7.98. The van der Waals surface area contributed by atoms with Crippen LogP contribution in [0.5, 0.6) is 5.75 Å². The number of methoxy groups -OCH3 is 1. The normalized spacial score (nSPS) is 23.3. The smallest absolute Gasteiger partial charge is 0.416 e. The van der Waals surface area contributed by atoms with Crippen LogP contribution in [-0.4, -0.2) is 44.4 Å². The molecule has 1 aliphatic heterocycles. The van der Waals surface area contributed by atoms with Gasteiger partial charge in [-0.2, -0.15) is 13.2 Å². The highest BCUT2D eigenvalue weighted by Gasteiger charge is 2.35. The van der Waals surface area contributed by atoms with E-state index in [1.807, 2.05) is 0 Å². The Bertz CT molecular complexity index is 695. The summed E-state index contributed by atoms with van der Waals surface area (Å²) in [5.74, 6) is -0.224. The Hall–Kier alpha value is -1.25. The van der Waals surface area contributed by atoms with Gasteiger partial charge in [-0.05, 0) is 37.7 Å². The molecule has 1 aliphatic carbocycles. The number of benzene rings is 1. The lowest BCUT2D eigenvalue weighted by atomic mass is 9.88. The van der Waals surface area contributed by atoms with Crippen LogP contribution in [0.2, 0.25) is 0 Å². The number of hydrogen-bond acceptors (Lipinski definition) is 5. The van der Waals surface area contributed by atoms with Crippen LogP contribution < -0.4 is 10.1 Å². The van der Waals surface area contributed by atoms with E-state index in [1.165, 1.54) is 20.0 Å². The Kier molecular flexibility index (Phi) is 7.51. The van der Waals surface area contributed by atoms with E-state index in [1.54, 1.807) is 6.26 Å². The van der Waals surface area contributed by atoms with Gasteiger partial charge in [0.2, 0.25) is 0 Å². The second-order valence-corrected chi connectivity index (χ2v) is 8.61. The number of ether oxygens (including phenoxy) is 2. The Morgan fingerprint density at radius 2 is 2.00 bits per heavy atom. The number of nitrogens with one attached hydrogen (secondary N) is 1. The molecular weight excluding hydrogens is 403 g/mol. The van der Waals surface area contributed by atoms with Crippen LogP contribution in [0.25, 0.3) is 0 Å².